The third kappa shape index (κ3) is 7.45. The maximum Gasteiger partial charge on any atom is 0.254 e. The summed E-state index contributed by atoms with van der Waals surface area (Å²) >= 11 is 0. The molecule has 0 radical (unpaired) electrons. The Morgan fingerprint density at radius 3 is 2.29 bits per heavy atom. The van der Waals surface area contributed by atoms with Crippen molar-refractivity contribution in [2.75, 3.05) is 26.7 Å². The summed E-state index contributed by atoms with van der Waals surface area (Å²) in [5.74, 6) is -1.89. The van der Waals surface area contributed by atoms with E-state index in [4.69, 9.17) is 37.1 Å². The number of ether oxygens (including phenoxy) is 3. The summed E-state index contributed by atoms with van der Waals surface area (Å²) in [5.41, 5.74) is 19.9. The first-order chi connectivity index (χ1) is 22.5. The van der Waals surface area contributed by atoms with Gasteiger partial charge in [-0.15, -0.1) is 0 Å². The van der Waals surface area contributed by atoms with Gasteiger partial charge in [0, 0.05) is 31.0 Å². The second-order valence-electron chi connectivity index (χ2n) is 14.5. The molecular formula is C29H54N8O11. The van der Waals surface area contributed by atoms with Gasteiger partial charge in [0.2, 0.25) is 0 Å². The third-order valence-electron chi connectivity index (χ3n) is 10.7. The molecule has 0 spiro atoms. The lowest BCUT2D eigenvalue weighted by Gasteiger charge is -2.52. The molecule has 18 N–H and O–H groups in total. The van der Waals surface area contributed by atoms with Crippen LogP contribution in [0.1, 0.15) is 32.6 Å². The summed E-state index contributed by atoms with van der Waals surface area (Å²) in [6.07, 6.45) is -11.2. The van der Waals surface area contributed by atoms with Gasteiger partial charge in [-0.2, -0.15) is 0 Å². The van der Waals surface area contributed by atoms with E-state index in [0.717, 1.165) is 12.8 Å². The standard InChI is InChI=1S/C29H54N8O11/c1-28(44)9-46-25(21(42)24(28)34-2)48-22-13(36-26(43)29(45)6-15(29)37-27(32)33)5-12(31)16(18(22)39)23-20(41)19(40)17(38)14(47-23)8-35-7-10-3-11(30)4-10/h10-25,34-35,38-42,44-45H,3-9,30-31H2,1-2H3,(H,36,43)(H4,32,33,37)/t10?,11?,12-,13+,14+,15?,16?,17+,18-,19-,20+,21+,22-,23+,24+,25+,28-,29?/m0/s1. The van der Waals surface area contributed by atoms with Gasteiger partial charge in [-0.25, -0.2) is 4.99 Å². The van der Waals surface area contributed by atoms with Crippen LogP contribution in [0, 0.1) is 11.8 Å². The van der Waals surface area contributed by atoms with Crippen molar-refractivity contribution in [1.29, 1.82) is 0 Å². The van der Waals surface area contributed by atoms with E-state index >= 15 is 0 Å². The highest BCUT2D eigenvalue weighted by Gasteiger charge is 2.62. The first kappa shape index (κ1) is 37.4. The maximum absolute atomic E-state index is 13.3. The lowest BCUT2D eigenvalue weighted by atomic mass is 9.72. The van der Waals surface area contributed by atoms with Crippen molar-refractivity contribution in [2.24, 2.45) is 39.8 Å². The average Bonchev–Trinajstić information content (AvgIpc) is 3.65. The van der Waals surface area contributed by atoms with Gasteiger partial charge in [0.25, 0.3) is 5.91 Å². The Bertz CT molecular complexity index is 1160. The van der Waals surface area contributed by atoms with Crippen LogP contribution in [0.5, 0.6) is 0 Å². The van der Waals surface area contributed by atoms with Crippen LogP contribution in [0.2, 0.25) is 0 Å². The SMILES string of the molecule is CN[C@@H]1[C@@H](O)[C@@H](O[C@H]2[C@H](NC(=O)C3(O)CC3N=C(N)N)C[C@H](N)C([C@H]3O[C@H](CNCC4CC(N)C4)[C@@H](O)[C@H](O)[C@H]3O)[C@@H]2O)OC[C@]1(C)O. The lowest BCUT2D eigenvalue weighted by Crippen LogP contribution is -2.71. The third-order valence-corrected chi connectivity index (χ3v) is 10.7. The highest BCUT2D eigenvalue weighted by atomic mass is 16.7. The molecule has 48 heavy (non-hydrogen) atoms. The number of aliphatic hydroxyl groups is 7. The number of likely N-dealkylation sites (N-methyl/N-ethyl adjacent to an activating group) is 1. The Morgan fingerprint density at radius 2 is 1.67 bits per heavy atom. The fourth-order valence-electron chi connectivity index (χ4n) is 7.73. The van der Waals surface area contributed by atoms with Gasteiger partial charge < -0.3 is 88.8 Å². The molecule has 5 fully saturated rings. The van der Waals surface area contributed by atoms with Crippen molar-refractivity contribution >= 4 is 11.9 Å². The molecule has 2 saturated heterocycles. The van der Waals surface area contributed by atoms with Crippen molar-refractivity contribution in [2.45, 2.75) is 129 Å². The Morgan fingerprint density at radius 1 is 0.979 bits per heavy atom. The normalized spacial score (nSPS) is 50.6. The minimum atomic E-state index is -1.93. The molecule has 0 aromatic carbocycles. The van der Waals surface area contributed by atoms with Crippen LogP contribution in [0.3, 0.4) is 0 Å². The second kappa shape index (κ2) is 14.4. The van der Waals surface area contributed by atoms with Gasteiger partial charge in [0.1, 0.15) is 36.1 Å². The zero-order valence-corrected chi connectivity index (χ0v) is 27.2. The molecule has 5 aliphatic rings. The van der Waals surface area contributed by atoms with E-state index in [0.29, 0.717) is 12.5 Å². The summed E-state index contributed by atoms with van der Waals surface area (Å²) in [7, 11) is 1.54. The number of aliphatic imine (C=N–C) groups is 1. The molecule has 1 amide bonds. The molecule has 3 aliphatic carbocycles. The Labute approximate surface area is 278 Å². The summed E-state index contributed by atoms with van der Waals surface area (Å²) < 4.78 is 18.0. The Balaban J connectivity index is 1.36. The predicted molar refractivity (Wildman–Crippen MR) is 168 cm³/mol. The van der Waals surface area contributed by atoms with E-state index in [1.165, 1.54) is 14.0 Å². The van der Waals surface area contributed by atoms with E-state index in [-0.39, 0.29) is 38.0 Å². The van der Waals surface area contributed by atoms with Crippen LogP contribution < -0.4 is 38.9 Å². The van der Waals surface area contributed by atoms with Crippen molar-refractivity contribution in [3.63, 3.8) is 0 Å². The van der Waals surface area contributed by atoms with Gasteiger partial charge in [-0.1, -0.05) is 0 Å². The van der Waals surface area contributed by atoms with Crippen LogP contribution in [-0.2, 0) is 19.0 Å². The first-order valence-electron chi connectivity index (χ1n) is 16.5. The van der Waals surface area contributed by atoms with Crippen LogP contribution >= 0.6 is 0 Å². The lowest BCUT2D eigenvalue weighted by molar-refractivity contribution is -0.303. The van der Waals surface area contributed by atoms with Crippen molar-refractivity contribution in [3.8, 4) is 0 Å². The zero-order chi connectivity index (χ0) is 35.3. The van der Waals surface area contributed by atoms with E-state index in [1.54, 1.807) is 0 Å². The largest absolute Gasteiger partial charge is 0.390 e. The predicted octanol–water partition coefficient (Wildman–Crippen LogP) is -7.43. The Hall–Kier alpha value is -1.82. The first-order valence-corrected chi connectivity index (χ1v) is 16.5. The molecule has 3 unspecified atom stereocenters. The number of carbonyl (C=O) groups excluding carboxylic acids is 1. The molecule has 2 heterocycles. The van der Waals surface area contributed by atoms with E-state index in [2.05, 4.69) is 20.9 Å². The number of nitrogens with zero attached hydrogens (tertiary/aromatic N) is 1. The summed E-state index contributed by atoms with van der Waals surface area (Å²) in [5, 5.41) is 86.0. The number of carbonyl (C=O) groups is 1. The average molecular weight is 691 g/mol. The molecule has 0 aromatic rings. The van der Waals surface area contributed by atoms with Crippen molar-refractivity contribution in [3.05, 3.63) is 0 Å². The maximum atomic E-state index is 13.3. The Kier molecular flexibility index (Phi) is 11.3. The van der Waals surface area contributed by atoms with Gasteiger partial charge in [-0.3, -0.25) is 4.79 Å². The molecule has 0 bridgehead atoms. The van der Waals surface area contributed by atoms with Crippen LogP contribution in [0.25, 0.3) is 0 Å². The number of amides is 1. The number of aliphatic hydroxyl groups excluding tert-OH is 5. The molecule has 2 aliphatic heterocycles. The topological polar surface area (TPSA) is 339 Å². The number of rotatable bonds is 11. The monoisotopic (exact) mass is 690 g/mol. The quantitative estimate of drug-likeness (QED) is 0.0707. The van der Waals surface area contributed by atoms with Gasteiger partial charge >= 0.3 is 0 Å². The van der Waals surface area contributed by atoms with E-state index in [9.17, 15) is 40.5 Å². The summed E-state index contributed by atoms with van der Waals surface area (Å²) in [4.78, 5) is 17.1. The number of hydrogen-bond donors (Lipinski definition) is 14. The summed E-state index contributed by atoms with van der Waals surface area (Å²) in [6, 6.07) is -3.67. The minimum Gasteiger partial charge on any atom is -0.390 e. The van der Waals surface area contributed by atoms with Gasteiger partial charge in [-0.05, 0) is 45.7 Å². The number of guanidine groups is 1. The molecule has 276 valence electrons. The van der Waals surface area contributed by atoms with Crippen LogP contribution in [0.4, 0.5) is 0 Å². The van der Waals surface area contributed by atoms with E-state index in [1.807, 2.05) is 0 Å². The zero-order valence-electron chi connectivity index (χ0n) is 27.2. The van der Waals surface area contributed by atoms with Gasteiger partial charge in [0.05, 0.1) is 43.0 Å². The molecule has 3 saturated carbocycles. The second-order valence-corrected chi connectivity index (χ2v) is 14.5. The number of nitrogens with one attached hydrogen (secondary N) is 3. The highest BCUT2D eigenvalue weighted by molar-refractivity contribution is 5.90. The fourth-order valence-corrected chi connectivity index (χ4v) is 7.73. The molecule has 19 heteroatoms. The van der Waals surface area contributed by atoms with E-state index < -0.39 is 102 Å². The molecule has 5 rings (SSSR count). The number of nitrogens with two attached hydrogens (primary N) is 4. The van der Waals surface area contributed by atoms with Crippen molar-refractivity contribution in [1.82, 2.24) is 16.0 Å². The smallest absolute Gasteiger partial charge is 0.254 e. The molecule has 0 aromatic heterocycles. The van der Waals surface area contributed by atoms with Crippen LogP contribution in [-0.4, -0.2) is 171 Å². The molecule has 16 atom stereocenters. The highest BCUT2D eigenvalue weighted by Crippen LogP contribution is 2.41. The summed E-state index contributed by atoms with van der Waals surface area (Å²) in [6.45, 7) is 1.97. The molecule has 19 nitrogen and oxygen atoms in total. The van der Waals surface area contributed by atoms with Gasteiger partial charge in [0.15, 0.2) is 17.9 Å². The van der Waals surface area contributed by atoms with Crippen LogP contribution in [0.15, 0.2) is 4.99 Å². The molecular weight excluding hydrogens is 636 g/mol. The fraction of sp³-hybridized carbons (Fsp3) is 0.931. The number of hydrogen-bond acceptors (Lipinski definition) is 16. The minimum absolute atomic E-state index is 0.0547. The van der Waals surface area contributed by atoms with Crippen molar-refractivity contribution < 1.29 is 54.8 Å².